The lowest BCUT2D eigenvalue weighted by atomic mass is 9.95. The van der Waals surface area contributed by atoms with E-state index in [1.54, 1.807) is 24.3 Å². The van der Waals surface area contributed by atoms with Gasteiger partial charge in [-0.15, -0.1) is 0 Å². The number of carbonyl (C=O) groups is 2. The Morgan fingerprint density at radius 1 is 0.611 bits per heavy atom. The van der Waals surface area contributed by atoms with E-state index in [1.807, 2.05) is 94.4 Å². The van der Waals surface area contributed by atoms with Gasteiger partial charge < -0.3 is 18.9 Å². The maximum atomic E-state index is 13.0. The zero-order chi connectivity index (χ0) is 26.2. The van der Waals surface area contributed by atoms with Crippen molar-refractivity contribution in [1.29, 1.82) is 0 Å². The van der Waals surface area contributed by atoms with E-state index in [2.05, 4.69) is 0 Å². The van der Waals surface area contributed by atoms with Gasteiger partial charge in [0.2, 0.25) is 17.9 Å². The van der Waals surface area contributed by atoms with Crippen LogP contribution in [-0.2, 0) is 24.7 Å². The Morgan fingerprint density at radius 2 is 1.03 bits per heavy atom. The van der Waals surface area contributed by atoms with Crippen molar-refractivity contribution in [2.45, 2.75) is 39.8 Å². The minimum atomic E-state index is -1.38. The molecule has 3 rings (SSSR count). The molecule has 0 aliphatic carbocycles. The molecule has 36 heavy (non-hydrogen) atoms. The maximum absolute atomic E-state index is 13.0. The molecular weight excluding hydrogens is 456 g/mol. The van der Waals surface area contributed by atoms with Gasteiger partial charge in [-0.2, -0.15) is 0 Å². The van der Waals surface area contributed by atoms with E-state index in [1.165, 1.54) is 0 Å². The lowest BCUT2D eigenvalue weighted by Gasteiger charge is -2.32. The molecule has 0 saturated heterocycles. The quantitative estimate of drug-likeness (QED) is 0.213. The van der Waals surface area contributed by atoms with Gasteiger partial charge in [0.1, 0.15) is 0 Å². The van der Waals surface area contributed by atoms with Gasteiger partial charge in [0.05, 0.1) is 0 Å². The zero-order valence-corrected chi connectivity index (χ0v) is 21.5. The highest BCUT2D eigenvalue weighted by Crippen LogP contribution is 2.31. The van der Waals surface area contributed by atoms with Crippen LogP contribution in [-0.4, -0.2) is 44.3 Å². The number of carbonyl (C=O) groups excluding carboxylic acids is 2. The monoisotopic (exact) mass is 492 g/mol. The molecule has 0 heterocycles. The van der Waals surface area contributed by atoms with Gasteiger partial charge in [0.15, 0.2) is 0 Å². The average Bonchev–Trinajstić information content (AvgIpc) is 2.94. The second-order valence-electron chi connectivity index (χ2n) is 7.52. The van der Waals surface area contributed by atoms with E-state index in [0.717, 1.165) is 0 Å². The average molecular weight is 493 g/mol. The zero-order valence-electron chi connectivity index (χ0n) is 21.5. The molecule has 0 spiro atoms. The topological polar surface area (TPSA) is 71.1 Å². The van der Waals surface area contributed by atoms with E-state index in [9.17, 15) is 9.59 Å². The van der Waals surface area contributed by atoms with Crippen molar-refractivity contribution in [3.8, 4) is 0 Å². The SMILES string of the molecule is CCOC(OCC)(C(=O)c1ccccc1)c1ccccc1.CCOC(OCC)C(=O)c1ccccc1. The van der Waals surface area contributed by atoms with Gasteiger partial charge in [-0.25, -0.2) is 0 Å². The largest absolute Gasteiger partial charge is 0.346 e. The highest BCUT2D eigenvalue weighted by molar-refractivity contribution is 6.02. The first-order valence-corrected chi connectivity index (χ1v) is 12.3. The van der Waals surface area contributed by atoms with Crippen LogP contribution < -0.4 is 0 Å². The Hall–Kier alpha value is -3.16. The molecular formula is C30H36O6. The van der Waals surface area contributed by atoms with Crippen LogP contribution in [0.2, 0.25) is 0 Å². The summed E-state index contributed by atoms with van der Waals surface area (Å²) in [6.07, 6.45) is -0.776. The molecule has 0 amide bonds. The van der Waals surface area contributed by atoms with E-state index in [-0.39, 0.29) is 11.6 Å². The summed E-state index contributed by atoms with van der Waals surface area (Å²) in [6, 6.07) is 27.5. The van der Waals surface area contributed by atoms with Gasteiger partial charge in [-0.05, 0) is 27.7 Å². The molecule has 0 saturated carbocycles. The van der Waals surface area contributed by atoms with Crippen LogP contribution in [0.15, 0.2) is 91.0 Å². The van der Waals surface area contributed by atoms with Crippen molar-refractivity contribution in [2.24, 2.45) is 0 Å². The summed E-state index contributed by atoms with van der Waals surface area (Å²) in [5, 5.41) is 0. The Labute approximate surface area is 214 Å². The van der Waals surface area contributed by atoms with Crippen molar-refractivity contribution in [3.05, 3.63) is 108 Å². The highest BCUT2D eigenvalue weighted by Gasteiger charge is 2.42. The smallest absolute Gasteiger partial charge is 0.261 e. The fourth-order valence-corrected chi connectivity index (χ4v) is 3.55. The minimum Gasteiger partial charge on any atom is -0.346 e. The minimum absolute atomic E-state index is 0.126. The molecule has 0 N–H and O–H groups in total. The molecule has 0 radical (unpaired) electrons. The summed E-state index contributed by atoms with van der Waals surface area (Å²) in [4.78, 5) is 24.9. The Bertz CT molecular complexity index is 1010. The van der Waals surface area contributed by atoms with Crippen molar-refractivity contribution >= 4 is 11.6 Å². The molecule has 6 heteroatoms. The van der Waals surface area contributed by atoms with Crippen molar-refractivity contribution < 1.29 is 28.5 Å². The Kier molecular flexibility index (Phi) is 12.7. The second-order valence-corrected chi connectivity index (χ2v) is 7.52. The number of ketones is 2. The summed E-state index contributed by atoms with van der Waals surface area (Å²) in [6.45, 7) is 9.08. The normalized spacial score (nSPS) is 11.0. The molecule has 0 fully saturated rings. The van der Waals surface area contributed by atoms with Crippen LogP contribution in [0.1, 0.15) is 54.0 Å². The van der Waals surface area contributed by atoms with E-state index < -0.39 is 12.1 Å². The lowest BCUT2D eigenvalue weighted by molar-refractivity contribution is -0.204. The van der Waals surface area contributed by atoms with Crippen molar-refractivity contribution in [3.63, 3.8) is 0 Å². The van der Waals surface area contributed by atoms with Crippen LogP contribution in [0.5, 0.6) is 0 Å². The van der Waals surface area contributed by atoms with Gasteiger partial charge in [-0.1, -0.05) is 91.0 Å². The third-order valence-corrected chi connectivity index (χ3v) is 5.09. The standard InChI is InChI=1S/C18H20O3.C12H16O3/c1-3-20-18(21-4-2,16-13-9-6-10-14-16)17(19)15-11-7-5-8-12-15;1-3-14-12(15-4-2)11(13)10-8-6-5-7-9-10/h5-14H,3-4H2,1-2H3;5-9,12H,3-4H2,1-2H3. The molecule has 3 aromatic carbocycles. The molecule has 0 bridgehead atoms. The first-order chi connectivity index (χ1) is 17.5. The van der Waals surface area contributed by atoms with Crippen LogP contribution in [0.25, 0.3) is 0 Å². The van der Waals surface area contributed by atoms with Crippen LogP contribution in [0, 0.1) is 0 Å². The van der Waals surface area contributed by atoms with Crippen LogP contribution in [0.3, 0.4) is 0 Å². The third kappa shape index (κ3) is 7.93. The molecule has 0 aliphatic rings. The number of ether oxygens (including phenoxy) is 4. The molecule has 0 atom stereocenters. The maximum Gasteiger partial charge on any atom is 0.261 e. The number of hydrogen-bond acceptors (Lipinski definition) is 6. The van der Waals surface area contributed by atoms with Crippen molar-refractivity contribution in [2.75, 3.05) is 26.4 Å². The first kappa shape index (κ1) is 29.1. The molecule has 0 unspecified atom stereocenters. The van der Waals surface area contributed by atoms with Gasteiger partial charge in [-0.3, -0.25) is 9.59 Å². The number of benzene rings is 3. The Morgan fingerprint density at radius 3 is 1.44 bits per heavy atom. The molecule has 0 aromatic heterocycles. The molecule has 3 aromatic rings. The lowest BCUT2D eigenvalue weighted by Crippen LogP contribution is -2.42. The third-order valence-electron chi connectivity index (χ3n) is 5.09. The van der Waals surface area contributed by atoms with Crippen LogP contribution in [0.4, 0.5) is 0 Å². The summed E-state index contributed by atoms with van der Waals surface area (Å²) < 4.78 is 22.1. The van der Waals surface area contributed by atoms with Gasteiger partial charge in [0.25, 0.3) is 5.79 Å². The fourth-order valence-electron chi connectivity index (χ4n) is 3.55. The number of rotatable bonds is 13. The molecule has 0 aliphatic heterocycles. The Balaban J connectivity index is 0.000000269. The predicted octanol–water partition coefficient (Wildman–Crippen LogP) is 6.06. The number of Topliss-reactive ketones (excluding diaryl/α,β-unsaturated/α-hetero) is 2. The fraction of sp³-hybridized carbons (Fsp3) is 0.333. The highest BCUT2D eigenvalue weighted by atomic mass is 16.7. The van der Waals surface area contributed by atoms with E-state index in [0.29, 0.717) is 43.1 Å². The van der Waals surface area contributed by atoms with Crippen molar-refractivity contribution in [1.82, 2.24) is 0 Å². The van der Waals surface area contributed by atoms with E-state index >= 15 is 0 Å². The summed E-state index contributed by atoms with van der Waals surface area (Å²) in [7, 11) is 0. The first-order valence-electron chi connectivity index (χ1n) is 12.3. The summed E-state index contributed by atoms with van der Waals surface area (Å²) in [5.41, 5.74) is 1.90. The van der Waals surface area contributed by atoms with Gasteiger partial charge >= 0.3 is 0 Å². The second kappa shape index (κ2) is 15.8. The van der Waals surface area contributed by atoms with E-state index in [4.69, 9.17) is 18.9 Å². The summed E-state index contributed by atoms with van der Waals surface area (Å²) in [5.74, 6) is -1.69. The molecule has 192 valence electrons. The number of hydrogen-bond donors (Lipinski definition) is 0. The summed E-state index contributed by atoms with van der Waals surface area (Å²) >= 11 is 0. The van der Waals surface area contributed by atoms with Crippen LogP contribution >= 0.6 is 0 Å². The van der Waals surface area contributed by atoms with Gasteiger partial charge in [0, 0.05) is 43.1 Å². The molecule has 6 nitrogen and oxygen atoms in total. The predicted molar refractivity (Wildman–Crippen MR) is 140 cm³/mol.